The van der Waals surface area contributed by atoms with Gasteiger partial charge in [-0.15, -0.1) is 0 Å². The first kappa shape index (κ1) is 18.0. The first-order valence-electron chi connectivity index (χ1n) is 9.91. The maximum atomic E-state index is 5.62. The van der Waals surface area contributed by atoms with E-state index < -0.39 is 0 Å². The first-order valence-corrected chi connectivity index (χ1v) is 9.91. The number of nitrogens with zero attached hydrogens (tertiary/aromatic N) is 3. The van der Waals surface area contributed by atoms with E-state index in [4.69, 9.17) is 4.42 Å². The van der Waals surface area contributed by atoms with E-state index in [-0.39, 0.29) is 0 Å². The number of likely N-dealkylation sites (tertiary alicyclic amines) is 1. The number of aliphatic imine (C=N–C) groups is 1. The zero-order valence-corrected chi connectivity index (χ0v) is 16.2. The molecule has 2 aromatic rings. The Bertz CT molecular complexity index is 778. The summed E-state index contributed by atoms with van der Waals surface area (Å²) in [5.41, 5.74) is 3.09. The van der Waals surface area contributed by atoms with Gasteiger partial charge in [0.15, 0.2) is 5.96 Å². The fraction of sp³-hybridized carbons (Fsp3) is 0.524. The van der Waals surface area contributed by atoms with Gasteiger partial charge in [-0.1, -0.05) is 17.7 Å². The van der Waals surface area contributed by atoms with E-state index in [0.29, 0.717) is 18.4 Å². The number of oxazole rings is 1. The number of hydrogen-bond donors (Lipinski definition) is 2. The third-order valence-electron chi connectivity index (χ3n) is 5.45. The van der Waals surface area contributed by atoms with Crippen molar-refractivity contribution in [2.24, 2.45) is 10.9 Å². The molecule has 6 nitrogen and oxygen atoms in total. The Morgan fingerprint density at radius 2 is 2.04 bits per heavy atom. The summed E-state index contributed by atoms with van der Waals surface area (Å²) >= 11 is 0. The number of nitrogens with one attached hydrogen (secondary N) is 2. The Hall–Kier alpha value is -2.34. The Balaban J connectivity index is 1.24. The number of aromatic nitrogens is 1. The van der Waals surface area contributed by atoms with Crippen LogP contribution in [0, 0.1) is 12.8 Å². The van der Waals surface area contributed by atoms with Crippen LogP contribution in [0.25, 0.3) is 11.5 Å². The molecular weight excluding hydrogens is 338 g/mol. The van der Waals surface area contributed by atoms with Gasteiger partial charge in [0.2, 0.25) is 5.89 Å². The second kappa shape index (κ2) is 8.13. The lowest BCUT2D eigenvalue weighted by Gasteiger charge is -2.16. The summed E-state index contributed by atoms with van der Waals surface area (Å²) < 4.78 is 5.62. The lowest BCUT2D eigenvalue weighted by atomic mass is 10.1. The third kappa shape index (κ3) is 4.69. The lowest BCUT2D eigenvalue weighted by molar-refractivity contribution is 0.314. The van der Waals surface area contributed by atoms with Gasteiger partial charge in [-0.2, -0.15) is 0 Å². The van der Waals surface area contributed by atoms with Crippen molar-refractivity contribution in [3.63, 3.8) is 0 Å². The van der Waals surface area contributed by atoms with Gasteiger partial charge in [-0.05, 0) is 50.8 Å². The maximum Gasteiger partial charge on any atom is 0.226 e. The Labute approximate surface area is 161 Å². The summed E-state index contributed by atoms with van der Waals surface area (Å²) in [7, 11) is 1.81. The van der Waals surface area contributed by atoms with Crippen molar-refractivity contribution in [1.29, 1.82) is 0 Å². The monoisotopic (exact) mass is 367 g/mol. The summed E-state index contributed by atoms with van der Waals surface area (Å²) in [5, 5.41) is 6.79. The SMILES string of the molecule is CN=C(NCc1coc(-c2ccc(C)cc2)n1)NCC1CCN(C2CC2)C1. The highest BCUT2D eigenvalue weighted by Gasteiger charge is 2.34. The van der Waals surface area contributed by atoms with E-state index in [1.54, 1.807) is 13.3 Å². The molecule has 1 unspecified atom stereocenters. The predicted octanol–water partition coefficient (Wildman–Crippen LogP) is 2.80. The molecule has 4 rings (SSSR count). The van der Waals surface area contributed by atoms with E-state index >= 15 is 0 Å². The van der Waals surface area contributed by atoms with E-state index in [1.807, 2.05) is 12.1 Å². The quantitative estimate of drug-likeness (QED) is 0.607. The fourth-order valence-electron chi connectivity index (χ4n) is 3.65. The van der Waals surface area contributed by atoms with E-state index in [2.05, 4.69) is 44.6 Å². The average molecular weight is 367 g/mol. The second-order valence-electron chi connectivity index (χ2n) is 7.70. The summed E-state index contributed by atoms with van der Waals surface area (Å²) in [6.07, 6.45) is 5.78. The van der Waals surface area contributed by atoms with Crippen molar-refractivity contribution in [3.05, 3.63) is 41.8 Å². The van der Waals surface area contributed by atoms with Crippen LogP contribution in [0.4, 0.5) is 0 Å². The molecule has 1 aromatic heterocycles. The highest BCUT2D eigenvalue weighted by atomic mass is 16.3. The zero-order valence-electron chi connectivity index (χ0n) is 16.2. The minimum absolute atomic E-state index is 0.591. The first-order chi connectivity index (χ1) is 13.2. The van der Waals surface area contributed by atoms with Crippen molar-refractivity contribution in [2.75, 3.05) is 26.7 Å². The van der Waals surface area contributed by atoms with Gasteiger partial charge in [-0.3, -0.25) is 4.99 Å². The molecule has 0 bridgehead atoms. The van der Waals surface area contributed by atoms with Crippen molar-refractivity contribution in [3.8, 4) is 11.5 Å². The predicted molar refractivity (Wildman–Crippen MR) is 108 cm³/mol. The van der Waals surface area contributed by atoms with Crippen LogP contribution in [0.1, 0.15) is 30.5 Å². The molecule has 1 aromatic carbocycles. The smallest absolute Gasteiger partial charge is 0.226 e. The fourth-order valence-corrected chi connectivity index (χ4v) is 3.65. The van der Waals surface area contributed by atoms with Gasteiger partial charge in [0.05, 0.1) is 12.2 Å². The summed E-state index contributed by atoms with van der Waals surface area (Å²) in [4.78, 5) is 11.5. The molecule has 144 valence electrons. The van der Waals surface area contributed by atoms with Gasteiger partial charge in [0.25, 0.3) is 0 Å². The summed E-state index contributed by atoms with van der Waals surface area (Å²) in [5.74, 6) is 2.19. The largest absolute Gasteiger partial charge is 0.444 e. The minimum Gasteiger partial charge on any atom is -0.444 e. The van der Waals surface area contributed by atoms with Crippen LogP contribution in [-0.2, 0) is 6.54 Å². The topological polar surface area (TPSA) is 65.7 Å². The molecule has 1 saturated carbocycles. The number of aryl methyl sites for hydroxylation is 1. The molecule has 0 radical (unpaired) electrons. The Kier molecular flexibility index (Phi) is 5.43. The average Bonchev–Trinajstić information content (AvgIpc) is 3.24. The third-order valence-corrected chi connectivity index (χ3v) is 5.45. The lowest BCUT2D eigenvalue weighted by Crippen LogP contribution is -2.40. The van der Waals surface area contributed by atoms with E-state index in [1.165, 1.54) is 37.9 Å². The molecule has 6 heteroatoms. The van der Waals surface area contributed by atoms with Crippen molar-refractivity contribution >= 4 is 5.96 Å². The molecule has 2 heterocycles. The summed E-state index contributed by atoms with van der Waals surface area (Å²) in [6, 6.07) is 9.08. The van der Waals surface area contributed by atoms with Crippen LogP contribution in [0.5, 0.6) is 0 Å². The molecule has 2 N–H and O–H groups in total. The molecule has 2 fully saturated rings. The Morgan fingerprint density at radius 1 is 1.22 bits per heavy atom. The van der Waals surface area contributed by atoms with Crippen molar-refractivity contribution in [2.45, 2.75) is 38.8 Å². The van der Waals surface area contributed by atoms with Crippen LogP contribution in [0.2, 0.25) is 0 Å². The number of benzene rings is 1. The van der Waals surface area contributed by atoms with Crippen molar-refractivity contribution in [1.82, 2.24) is 20.5 Å². The molecular formula is C21H29N5O. The molecule has 1 atom stereocenters. The number of rotatable bonds is 6. The van der Waals surface area contributed by atoms with Crippen LogP contribution < -0.4 is 10.6 Å². The van der Waals surface area contributed by atoms with E-state index in [9.17, 15) is 0 Å². The molecule has 0 spiro atoms. The highest BCUT2D eigenvalue weighted by molar-refractivity contribution is 5.79. The Morgan fingerprint density at radius 3 is 2.78 bits per heavy atom. The van der Waals surface area contributed by atoms with Gasteiger partial charge >= 0.3 is 0 Å². The van der Waals surface area contributed by atoms with Crippen molar-refractivity contribution < 1.29 is 4.42 Å². The van der Waals surface area contributed by atoms with Gasteiger partial charge in [0.1, 0.15) is 6.26 Å². The molecule has 27 heavy (non-hydrogen) atoms. The number of guanidine groups is 1. The molecule has 1 aliphatic heterocycles. The second-order valence-corrected chi connectivity index (χ2v) is 7.70. The maximum absolute atomic E-state index is 5.62. The standard InChI is InChI=1S/C21H29N5O/c1-15-3-5-17(6-4-15)20-25-18(14-27-20)12-24-21(22-2)23-11-16-9-10-26(13-16)19-7-8-19/h3-6,14,16,19H,7-13H2,1-2H3,(H2,22,23,24). The normalized spacial score (nSPS) is 20.8. The van der Waals surface area contributed by atoms with Gasteiger partial charge in [0, 0.05) is 31.7 Å². The summed E-state index contributed by atoms with van der Waals surface area (Å²) in [6.45, 7) is 6.11. The van der Waals surface area contributed by atoms with Gasteiger partial charge in [-0.25, -0.2) is 4.98 Å². The van der Waals surface area contributed by atoms with Crippen LogP contribution in [0.3, 0.4) is 0 Å². The number of hydrogen-bond acceptors (Lipinski definition) is 4. The zero-order chi connectivity index (χ0) is 18.6. The highest BCUT2D eigenvalue weighted by Crippen LogP contribution is 2.31. The van der Waals surface area contributed by atoms with Crippen LogP contribution >= 0.6 is 0 Å². The van der Waals surface area contributed by atoms with Crippen LogP contribution in [0.15, 0.2) is 39.9 Å². The van der Waals surface area contributed by atoms with Gasteiger partial charge < -0.3 is 20.0 Å². The minimum atomic E-state index is 0.591. The molecule has 0 amide bonds. The molecule has 2 aliphatic rings. The van der Waals surface area contributed by atoms with Crippen LogP contribution in [-0.4, -0.2) is 48.6 Å². The van der Waals surface area contributed by atoms with E-state index in [0.717, 1.165) is 29.8 Å². The molecule has 1 aliphatic carbocycles. The molecule has 1 saturated heterocycles.